The Kier molecular flexibility index (Phi) is 2.56. The Morgan fingerprint density at radius 3 is 3.00 bits per heavy atom. The lowest BCUT2D eigenvalue weighted by atomic mass is 10.2. The molecular weight excluding hydrogens is 244 g/mol. The summed E-state index contributed by atoms with van der Waals surface area (Å²) in [6.45, 7) is 2.12. The number of rotatable bonds is 2. The highest BCUT2D eigenvalue weighted by molar-refractivity contribution is 6.14. The second kappa shape index (κ2) is 4.24. The second-order valence-electron chi connectivity index (χ2n) is 4.20. The summed E-state index contributed by atoms with van der Waals surface area (Å²) in [5.74, 6) is -0.295. The number of pyridine rings is 1. The second-order valence-corrected chi connectivity index (χ2v) is 4.20. The van der Waals surface area contributed by atoms with E-state index in [-0.39, 0.29) is 11.9 Å². The fraction of sp³-hybridized carbons (Fsp3) is 0.154. The molecule has 1 aliphatic heterocycles. The lowest BCUT2D eigenvalue weighted by Crippen LogP contribution is -2.30. The molecule has 0 radical (unpaired) electrons. The zero-order valence-corrected chi connectivity index (χ0v) is 10.3. The number of H-pyrrole nitrogens is 1. The van der Waals surface area contributed by atoms with Gasteiger partial charge >= 0.3 is 6.03 Å². The van der Waals surface area contributed by atoms with Gasteiger partial charge in [0.05, 0.1) is 11.7 Å². The van der Waals surface area contributed by atoms with E-state index in [1.807, 2.05) is 6.07 Å². The van der Waals surface area contributed by atoms with Crippen molar-refractivity contribution in [3.63, 3.8) is 0 Å². The first-order chi connectivity index (χ1) is 9.20. The molecule has 6 heteroatoms. The van der Waals surface area contributed by atoms with Crippen molar-refractivity contribution < 1.29 is 9.59 Å². The molecule has 0 bridgehead atoms. The molecule has 19 heavy (non-hydrogen) atoms. The fourth-order valence-corrected chi connectivity index (χ4v) is 2.13. The number of nitrogens with zero attached hydrogens (tertiary/aromatic N) is 2. The highest BCUT2D eigenvalue weighted by Gasteiger charge is 2.32. The predicted octanol–water partition coefficient (Wildman–Crippen LogP) is 1.48. The van der Waals surface area contributed by atoms with E-state index >= 15 is 0 Å². The van der Waals surface area contributed by atoms with E-state index in [4.69, 9.17) is 0 Å². The van der Waals surface area contributed by atoms with E-state index in [1.165, 1.54) is 4.90 Å². The van der Waals surface area contributed by atoms with Gasteiger partial charge in [-0.1, -0.05) is 0 Å². The molecule has 0 spiro atoms. The average molecular weight is 256 g/mol. The van der Waals surface area contributed by atoms with E-state index in [2.05, 4.69) is 15.3 Å². The molecule has 0 aliphatic carbocycles. The minimum Gasteiger partial charge on any atom is -0.359 e. The number of urea groups is 1. The van der Waals surface area contributed by atoms with Crippen molar-refractivity contribution in [3.05, 3.63) is 35.9 Å². The number of nitrogens with one attached hydrogen (secondary N) is 2. The van der Waals surface area contributed by atoms with Gasteiger partial charge in [-0.05, 0) is 19.1 Å². The number of carbonyl (C=O) groups excluding carboxylic acids is 2. The Morgan fingerprint density at radius 1 is 1.42 bits per heavy atom. The summed E-state index contributed by atoms with van der Waals surface area (Å²) in [5, 5.41) is 3.53. The monoisotopic (exact) mass is 256 g/mol. The van der Waals surface area contributed by atoms with Crippen LogP contribution in [0.3, 0.4) is 0 Å². The number of fused-ring (bicyclic) bond motifs is 1. The SMILES string of the molecule is CCN1C(=O)NC(=Cc2c[nH]c3cnccc23)C1=O. The maximum absolute atomic E-state index is 12.0. The molecule has 0 atom stereocenters. The third kappa shape index (κ3) is 1.77. The third-order valence-corrected chi connectivity index (χ3v) is 3.09. The summed E-state index contributed by atoms with van der Waals surface area (Å²) in [6.07, 6.45) is 6.86. The van der Waals surface area contributed by atoms with Crippen LogP contribution in [0.25, 0.3) is 17.0 Å². The molecule has 2 aromatic rings. The smallest absolute Gasteiger partial charge is 0.328 e. The fourth-order valence-electron chi connectivity index (χ4n) is 2.13. The van der Waals surface area contributed by atoms with Crippen LogP contribution >= 0.6 is 0 Å². The number of imide groups is 1. The number of amides is 3. The van der Waals surface area contributed by atoms with Crippen LogP contribution in [0, 0.1) is 0 Å². The Labute approximate surface area is 109 Å². The number of carbonyl (C=O) groups is 2. The summed E-state index contributed by atoms with van der Waals surface area (Å²) in [4.78, 5) is 31.8. The third-order valence-electron chi connectivity index (χ3n) is 3.09. The largest absolute Gasteiger partial charge is 0.359 e. The van der Waals surface area contributed by atoms with Crippen molar-refractivity contribution in [2.45, 2.75) is 6.92 Å². The molecule has 3 rings (SSSR count). The summed E-state index contributed by atoms with van der Waals surface area (Å²) >= 11 is 0. The van der Waals surface area contributed by atoms with Crippen LogP contribution in [0.5, 0.6) is 0 Å². The molecule has 3 heterocycles. The number of aromatic amines is 1. The molecule has 6 nitrogen and oxygen atoms in total. The Balaban J connectivity index is 2.03. The number of hydrogen-bond donors (Lipinski definition) is 2. The average Bonchev–Trinajstić information content (AvgIpc) is 2.93. The highest BCUT2D eigenvalue weighted by Crippen LogP contribution is 2.21. The molecule has 96 valence electrons. The van der Waals surface area contributed by atoms with Crippen LogP contribution in [-0.2, 0) is 4.79 Å². The van der Waals surface area contributed by atoms with Gasteiger partial charge in [0, 0.05) is 29.9 Å². The van der Waals surface area contributed by atoms with E-state index in [9.17, 15) is 9.59 Å². The zero-order chi connectivity index (χ0) is 13.4. The van der Waals surface area contributed by atoms with Crippen LogP contribution in [0.1, 0.15) is 12.5 Å². The maximum atomic E-state index is 12.0. The molecule has 1 saturated heterocycles. The minimum atomic E-state index is -0.375. The number of aromatic nitrogens is 2. The number of likely N-dealkylation sites (N-methyl/N-ethyl adjacent to an activating group) is 1. The topological polar surface area (TPSA) is 78.1 Å². The van der Waals surface area contributed by atoms with Crippen LogP contribution in [0.2, 0.25) is 0 Å². The van der Waals surface area contributed by atoms with E-state index in [0.29, 0.717) is 12.2 Å². The van der Waals surface area contributed by atoms with E-state index in [1.54, 1.807) is 31.6 Å². The molecular formula is C13H12N4O2. The molecule has 0 unspecified atom stereocenters. The van der Waals surface area contributed by atoms with Crippen molar-refractivity contribution >= 4 is 28.9 Å². The van der Waals surface area contributed by atoms with Gasteiger partial charge in [-0.15, -0.1) is 0 Å². The quantitative estimate of drug-likeness (QED) is 0.631. The van der Waals surface area contributed by atoms with Gasteiger partial charge in [0.25, 0.3) is 5.91 Å². The van der Waals surface area contributed by atoms with Gasteiger partial charge in [0.15, 0.2) is 0 Å². The summed E-state index contributed by atoms with van der Waals surface area (Å²) in [7, 11) is 0. The molecule has 3 amide bonds. The van der Waals surface area contributed by atoms with Crippen molar-refractivity contribution in [1.82, 2.24) is 20.2 Å². The van der Waals surface area contributed by atoms with Crippen LogP contribution in [-0.4, -0.2) is 33.4 Å². The normalized spacial score (nSPS) is 17.5. The highest BCUT2D eigenvalue weighted by atomic mass is 16.2. The van der Waals surface area contributed by atoms with Gasteiger partial charge < -0.3 is 10.3 Å². The van der Waals surface area contributed by atoms with Crippen LogP contribution < -0.4 is 5.32 Å². The first kappa shape index (κ1) is 11.5. The molecule has 0 aromatic carbocycles. The summed E-state index contributed by atoms with van der Waals surface area (Å²) in [6, 6.07) is 1.48. The maximum Gasteiger partial charge on any atom is 0.328 e. The standard InChI is InChI=1S/C13H12N4O2/c1-2-17-12(18)10(16-13(17)19)5-8-6-15-11-7-14-4-3-9(8)11/h3-7,15H,2H2,1H3,(H,16,19). The Hall–Kier alpha value is -2.63. The van der Waals surface area contributed by atoms with Gasteiger partial charge in [0.1, 0.15) is 5.70 Å². The lowest BCUT2D eigenvalue weighted by molar-refractivity contribution is -0.122. The van der Waals surface area contributed by atoms with Crippen molar-refractivity contribution in [2.75, 3.05) is 6.54 Å². The Bertz CT molecular complexity index is 701. The molecule has 2 aromatic heterocycles. The van der Waals surface area contributed by atoms with Crippen LogP contribution in [0.4, 0.5) is 4.79 Å². The van der Waals surface area contributed by atoms with Crippen molar-refractivity contribution in [2.24, 2.45) is 0 Å². The van der Waals surface area contributed by atoms with Gasteiger partial charge in [-0.25, -0.2) is 4.79 Å². The minimum absolute atomic E-state index is 0.295. The molecule has 0 saturated carbocycles. The van der Waals surface area contributed by atoms with Gasteiger partial charge in [-0.2, -0.15) is 0 Å². The van der Waals surface area contributed by atoms with Crippen LogP contribution in [0.15, 0.2) is 30.4 Å². The van der Waals surface area contributed by atoms with Gasteiger partial charge in [-0.3, -0.25) is 14.7 Å². The predicted molar refractivity (Wildman–Crippen MR) is 70.0 cm³/mol. The van der Waals surface area contributed by atoms with Crippen molar-refractivity contribution in [3.8, 4) is 0 Å². The molecule has 2 N–H and O–H groups in total. The summed E-state index contributed by atoms with van der Waals surface area (Å²) in [5.41, 5.74) is 2.03. The van der Waals surface area contributed by atoms with E-state index in [0.717, 1.165) is 16.5 Å². The first-order valence-corrected chi connectivity index (χ1v) is 5.96. The van der Waals surface area contributed by atoms with E-state index < -0.39 is 0 Å². The first-order valence-electron chi connectivity index (χ1n) is 5.96. The molecule has 1 aliphatic rings. The Morgan fingerprint density at radius 2 is 2.26 bits per heavy atom. The number of hydrogen-bond acceptors (Lipinski definition) is 3. The molecule has 1 fully saturated rings. The van der Waals surface area contributed by atoms with Crippen molar-refractivity contribution in [1.29, 1.82) is 0 Å². The zero-order valence-electron chi connectivity index (χ0n) is 10.3. The van der Waals surface area contributed by atoms with Gasteiger partial charge in [0.2, 0.25) is 0 Å². The summed E-state index contributed by atoms with van der Waals surface area (Å²) < 4.78 is 0. The lowest BCUT2D eigenvalue weighted by Gasteiger charge is -2.05.